The number of ether oxygens (including phenoxy) is 2. The van der Waals surface area contributed by atoms with Crippen LogP contribution in [0.4, 0.5) is 8.78 Å². The molecule has 4 nitrogen and oxygen atoms in total. The van der Waals surface area contributed by atoms with Crippen LogP contribution in [0.25, 0.3) is 0 Å². The molecule has 1 aromatic heterocycles. The standard InChI is InChI=1S/C25H23ClF2NO3/c1-16-6-3-4-8-21(16)32-24(2)14-20(30)22(25(27,28)15-24)19-7-5-13-29-23(19)31-18-11-9-17(26)10-12-18/h3-13,20,22H,14-15H2,1-2H3. The van der Waals surface area contributed by atoms with Crippen LogP contribution >= 0.6 is 11.6 Å². The SMILES string of the molecule is Cc1ccccc1OC1(C)CC([O])C(c2cccnc2Oc2ccc(Cl)cc2)C(F)(F)C1. The topological polar surface area (TPSA) is 51.2 Å². The highest BCUT2D eigenvalue weighted by atomic mass is 35.5. The maximum absolute atomic E-state index is 15.5. The summed E-state index contributed by atoms with van der Waals surface area (Å²) in [6.45, 7) is 3.41. The van der Waals surface area contributed by atoms with Gasteiger partial charge in [-0.2, -0.15) is 0 Å². The number of para-hydroxylation sites is 1. The second-order valence-corrected chi connectivity index (χ2v) is 8.87. The van der Waals surface area contributed by atoms with Crippen molar-refractivity contribution in [1.82, 2.24) is 4.98 Å². The molecule has 1 aliphatic carbocycles. The molecule has 2 aromatic carbocycles. The molecule has 1 aliphatic rings. The van der Waals surface area contributed by atoms with Gasteiger partial charge in [0.25, 0.3) is 5.92 Å². The Labute approximate surface area is 190 Å². The zero-order chi connectivity index (χ0) is 22.9. The van der Waals surface area contributed by atoms with E-state index in [0.29, 0.717) is 16.5 Å². The van der Waals surface area contributed by atoms with Gasteiger partial charge in [-0.3, -0.25) is 0 Å². The zero-order valence-corrected chi connectivity index (χ0v) is 18.5. The average Bonchev–Trinajstić information content (AvgIpc) is 2.71. The Morgan fingerprint density at radius 1 is 1.06 bits per heavy atom. The van der Waals surface area contributed by atoms with E-state index in [9.17, 15) is 5.11 Å². The fraction of sp³-hybridized carbons (Fsp3) is 0.320. The normalized spacial score (nSPS) is 24.7. The molecule has 0 aliphatic heterocycles. The van der Waals surface area contributed by atoms with E-state index in [0.717, 1.165) is 5.56 Å². The van der Waals surface area contributed by atoms with Gasteiger partial charge in [-0.1, -0.05) is 35.9 Å². The Bertz CT molecular complexity index is 1090. The monoisotopic (exact) mass is 458 g/mol. The average molecular weight is 459 g/mol. The van der Waals surface area contributed by atoms with Gasteiger partial charge in [0.05, 0.1) is 12.3 Å². The van der Waals surface area contributed by atoms with Crippen molar-refractivity contribution in [3.8, 4) is 17.4 Å². The number of aromatic nitrogens is 1. The first-order valence-electron chi connectivity index (χ1n) is 10.3. The van der Waals surface area contributed by atoms with Gasteiger partial charge in [0.1, 0.15) is 23.2 Å². The molecular weight excluding hydrogens is 436 g/mol. The summed E-state index contributed by atoms with van der Waals surface area (Å²) in [5.74, 6) is -4.02. The lowest BCUT2D eigenvalue weighted by Crippen LogP contribution is -2.52. The van der Waals surface area contributed by atoms with E-state index in [4.69, 9.17) is 21.1 Å². The number of hydrogen-bond donors (Lipinski definition) is 0. The zero-order valence-electron chi connectivity index (χ0n) is 17.7. The van der Waals surface area contributed by atoms with Crippen molar-refractivity contribution in [3.63, 3.8) is 0 Å². The highest BCUT2D eigenvalue weighted by Gasteiger charge is 2.57. The molecule has 1 saturated carbocycles. The van der Waals surface area contributed by atoms with Crippen LogP contribution in [-0.2, 0) is 5.11 Å². The third-order valence-electron chi connectivity index (χ3n) is 5.68. The van der Waals surface area contributed by atoms with Crippen molar-refractivity contribution in [2.24, 2.45) is 0 Å². The van der Waals surface area contributed by atoms with Gasteiger partial charge in [-0.25, -0.2) is 18.9 Å². The van der Waals surface area contributed by atoms with Crippen LogP contribution in [0.3, 0.4) is 0 Å². The molecule has 3 unspecified atom stereocenters. The molecule has 0 saturated heterocycles. The Balaban J connectivity index is 1.62. The number of alkyl halides is 2. The van der Waals surface area contributed by atoms with Gasteiger partial charge in [-0.15, -0.1) is 0 Å². The number of aryl methyl sites for hydroxylation is 1. The number of pyridine rings is 1. The lowest BCUT2D eigenvalue weighted by atomic mass is 9.72. The van der Waals surface area contributed by atoms with Gasteiger partial charge in [0, 0.05) is 23.2 Å². The highest BCUT2D eigenvalue weighted by Crippen LogP contribution is 2.51. The van der Waals surface area contributed by atoms with Crippen molar-refractivity contribution >= 4 is 11.6 Å². The molecule has 1 fully saturated rings. The van der Waals surface area contributed by atoms with Gasteiger partial charge < -0.3 is 9.47 Å². The summed E-state index contributed by atoms with van der Waals surface area (Å²) in [6.07, 6.45) is -0.824. The molecule has 1 radical (unpaired) electrons. The van der Waals surface area contributed by atoms with Gasteiger partial charge in [0.2, 0.25) is 5.88 Å². The van der Waals surface area contributed by atoms with E-state index in [1.54, 1.807) is 43.3 Å². The largest absolute Gasteiger partial charge is 0.487 e. The van der Waals surface area contributed by atoms with Crippen LogP contribution in [0.2, 0.25) is 5.02 Å². The van der Waals surface area contributed by atoms with Crippen molar-refractivity contribution in [1.29, 1.82) is 0 Å². The molecule has 3 atom stereocenters. The van der Waals surface area contributed by atoms with E-state index in [1.165, 1.54) is 18.3 Å². The second-order valence-electron chi connectivity index (χ2n) is 8.43. The van der Waals surface area contributed by atoms with Crippen LogP contribution in [-0.4, -0.2) is 22.6 Å². The predicted octanol–water partition coefficient (Wildman–Crippen LogP) is 6.99. The molecule has 1 heterocycles. The Morgan fingerprint density at radius 3 is 2.47 bits per heavy atom. The van der Waals surface area contributed by atoms with Crippen molar-refractivity contribution in [3.05, 3.63) is 83.0 Å². The van der Waals surface area contributed by atoms with Crippen LogP contribution in [0.5, 0.6) is 17.4 Å². The molecule has 0 amide bonds. The fourth-order valence-electron chi connectivity index (χ4n) is 4.28. The highest BCUT2D eigenvalue weighted by molar-refractivity contribution is 6.30. The van der Waals surface area contributed by atoms with Crippen molar-refractivity contribution in [2.75, 3.05) is 0 Å². The minimum absolute atomic E-state index is 0.0104. The maximum atomic E-state index is 15.5. The van der Waals surface area contributed by atoms with E-state index in [-0.39, 0.29) is 17.9 Å². The molecule has 3 aromatic rings. The van der Waals surface area contributed by atoms with E-state index < -0.39 is 30.0 Å². The molecule has 7 heteroatoms. The summed E-state index contributed by atoms with van der Waals surface area (Å²) in [4.78, 5) is 4.13. The quantitative estimate of drug-likeness (QED) is 0.414. The van der Waals surface area contributed by atoms with Crippen molar-refractivity contribution < 1.29 is 23.4 Å². The molecule has 167 valence electrons. The summed E-state index contributed by atoms with van der Waals surface area (Å²) in [5, 5.41) is 13.7. The Morgan fingerprint density at radius 2 is 1.78 bits per heavy atom. The lowest BCUT2D eigenvalue weighted by Gasteiger charge is -2.44. The first-order chi connectivity index (χ1) is 15.2. The second kappa shape index (κ2) is 8.68. The smallest absolute Gasteiger partial charge is 0.261 e. The summed E-state index contributed by atoms with van der Waals surface area (Å²) >= 11 is 5.90. The van der Waals surface area contributed by atoms with E-state index >= 15 is 8.78 Å². The van der Waals surface area contributed by atoms with Crippen LogP contribution in [0, 0.1) is 6.92 Å². The summed E-state index contributed by atoms with van der Waals surface area (Å²) < 4.78 is 42.7. The summed E-state index contributed by atoms with van der Waals surface area (Å²) in [5.41, 5.74) is -0.379. The fourth-order valence-corrected chi connectivity index (χ4v) is 4.40. The number of benzene rings is 2. The lowest BCUT2D eigenvalue weighted by molar-refractivity contribution is -0.173. The molecule has 0 bridgehead atoms. The number of nitrogens with zero attached hydrogens (tertiary/aromatic N) is 1. The van der Waals surface area contributed by atoms with E-state index in [1.807, 2.05) is 19.1 Å². The number of rotatable bonds is 5. The maximum Gasteiger partial charge on any atom is 0.261 e. The van der Waals surface area contributed by atoms with Crippen LogP contribution in [0.1, 0.15) is 36.8 Å². The molecule has 0 spiro atoms. The first-order valence-corrected chi connectivity index (χ1v) is 10.7. The molecule has 4 rings (SSSR count). The minimum Gasteiger partial charge on any atom is -0.487 e. The predicted molar refractivity (Wildman–Crippen MR) is 117 cm³/mol. The van der Waals surface area contributed by atoms with Crippen LogP contribution < -0.4 is 9.47 Å². The summed E-state index contributed by atoms with van der Waals surface area (Å²) in [6, 6.07) is 16.7. The van der Waals surface area contributed by atoms with Gasteiger partial charge in [-0.05, 0) is 55.8 Å². The van der Waals surface area contributed by atoms with Gasteiger partial charge in [0.15, 0.2) is 0 Å². The Kier molecular flexibility index (Phi) is 6.10. The van der Waals surface area contributed by atoms with E-state index in [2.05, 4.69) is 4.98 Å². The third kappa shape index (κ3) is 4.71. The molecule has 0 N–H and O–H groups in total. The van der Waals surface area contributed by atoms with Crippen molar-refractivity contribution in [2.45, 2.75) is 50.2 Å². The van der Waals surface area contributed by atoms with Crippen LogP contribution in [0.15, 0.2) is 66.9 Å². The first kappa shape index (κ1) is 22.5. The number of hydrogen-bond acceptors (Lipinski definition) is 3. The molecular formula is C25H23ClF2NO3. The molecule has 32 heavy (non-hydrogen) atoms. The minimum atomic E-state index is -3.32. The third-order valence-corrected chi connectivity index (χ3v) is 5.94. The Hall–Kier alpha value is -2.70. The van der Waals surface area contributed by atoms with Gasteiger partial charge >= 0.3 is 0 Å². The number of halogens is 3. The summed E-state index contributed by atoms with van der Waals surface area (Å²) in [7, 11) is 0.